The zero-order valence-corrected chi connectivity index (χ0v) is 26.7. The van der Waals surface area contributed by atoms with Crippen LogP contribution in [0.2, 0.25) is 0 Å². The summed E-state index contributed by atoms with van der Waals surface area (Å²) >= 11 is 0. The van der Waals surface area contributed by atoms with Gasteiger partial charge in [0.1, 0.15) is 11.6 Å². The first kappa shape index (κ1) is 36.1. The molecule has 0 aromatic heterocycles. The summed E-state index contributed by atoms with van der Waals surface area (Å²) in [7, 11) is 0. The number of β-amino-alcohol motifs (C(OH)–C–C–N with tert-alkyl or cyclic N) is 1. The average molecular weight is 605 g/mol. The first-order valence-electron chi connectivity index (χ1n) is 15.2. The first-order valence-corrected chi connectivity index (χ1v) is 15.2. The SMILES string of the molecule is CCCN(CCC)C(=O)C1=CC(C)=CC(C(N)=O)([C@H](Cc2cc(F)cc(F)c2)[C@@H](O)CNC(C)(C)C(=O)NCC(C)C)C1. The van der Waals surface area contributed by atoms with Crippen LogP contribution < -0.4 is 16.4 Å². The number of nitrogens with zero attached hydrogens (tertiary/aromatic N) is 1. The van der Waals surface area contributed by atoms with Gasteiger partial charge in [0.25, 0.3) is 0 Å². The Morgan fingerprint density at radius 2 is 1.65 bits per heavy atom. The molecule has 1 aromatic rings. The van der Waals surface area contributed by atoms with Crippen molar-refractivity contribution in [3.05, 3.63) is 58.7 Å². The van der Waals surface area contributed by atoms with Crippen molar-refractivity contribution in [1.82, 2.24) is 15.5 Å². The number of carbonyl (C=O) groups excluding carboxylic acids is 3. The van der Waals surface area contributed by atoms with Gasteiger partial charge in [0.05, 0.1) is 17.1 Å². The maximum atomic E-state index is 14.2. The lowest BCUT2D eigenvalue weighted by Gasteiger charge is -2.42. The monoisotopic (exact) mass is 604 g/mol. The molecule has 1 aromatic carbocycles. The molecule has 2 rings (SSSR count). The molecule has 10 heteroatoms. The summed E-state index contributed by atoms with van der Waals surface area (Å²) in [5.74, 6) is -3.58. The summed E-state index contributed by atoms with van der Waals surface area (Å²) in [5, 5.41) is 17.7. The Morgan fingerprint density at radius 3 is 2.16 bits per heavy atom. The molecular formula is C33H50F2N4O4. The summed E-state index contributed by atoms with van der Waals surface area (Å²) in [6.45, 7) is 14.5. The highest BCUT2D eigenvalue weighted by molar-refractivity contribution is 5.97. The number of carbonyl (C=O) groups is 3. The molecule has 43 heavy (non-hydrogen) atoms. The lowest BCUT2D eigenvalue weighted by atomic mass is 9.63. The van der Waals surface area contributed by atoms with Crippen molar-refractivity contribution >= 4 is 17.7 Å². The molecule has 0 bridgehead atoms. The van der Waals surface area contributed by atoms with E-state index in [0.717, 1.165) is 31.0 Å². The number of hydrogen-bond donors (Lipinski definition) is 4. The zero-order chi connectivity index (χ0) is 32.5. The molecule has 5 N–H and O–H groups in total. The molecule has 1 unspecified atom stereocenters. The highest BCUT2D eigenvalue weighted by atomic mass is 19.1. The summed E-state index contributed by atoms with van der Waals surface area (Å²) < 4.78 is 28.5. The smallest absolute Gasteiger partial charge is 0.249 e. The molecule has 0 aliphatic heterocycles. The number of nitrogens with two attached hydrogens (primary N) is 1. The van der Waals surface area contributed by atoms with Gasteiger partial charge in [0.15, 0.2) is 0 Å². The molecule has 0 fully saturated rings. The fourth-order valence-corrected chi connectivity index (χ4v) is 5.66. The molecule has 0 radical (unpaired) electrons. The minimum absolute atomic E-state index is 0.0831. The van der Waals surface area contributed by atoms with Gasteiger partial charge in [-0.25, -0.2) is 8.78 Å². The topological polar surface area (TPSA) is 125 Å². The molecule has 3 atom stereocenters. The second-order valence-electron chi connectivity index (χ2n) is 12.7. The maximum absolute atomic E-state index is 14.2. The van der Waals surface area contributed by atoms with Gasteiger partial charge in [0, 0.05) is 43.7 Å². The standard InChI is InChI=1S/C33H50F2N4O4/c1-8-10-39(11-9-2)29(41)24-12-22(5)17-33(18-24,30(36)42)27(15-23-13-25(34)16-26(35)14-23)28(40)20-38-32(6,7)31(43)37-19-21(3)4/h12-14,16-17,21,27-28,38,40H,8-11,15,18-20H2,1-7H3,(H2,36,42)(H,37,43)/t27-,28+,33?/m1/s1. The lowest BCUT2D eigenvalue weighted by molar-refractivity contribution is -0.133. The molecule has 240 valence electrons. The normalized spacial score (nSPS) is 18.5. The van der Waals surface area contributed by atoms with Crippen LogP contribution in [0.1, 0.15) is 73.3 Å². The van der Waals surface area contributed by atoms with Gasteiger partial charge in [-0.1, -0.05) is 45.4 Å². The number of rotatable bonds is 16. The van der Waals surface area contributed by atoms with Gasteiger partial charge in [-0.05, 0) is 70.1 Å². The number of hydrogen-bond acceptors (Lipinski definition) is 5. The third-order valence-corrected chi connectivity index (χ3v) is 7.87. The molecule has 1 aliphatic carbocycles. The zero-order valence-electron chi connectivity index (χ0n) is 26.7. The van der Waals surface area contributed by atoms with Crippen LogP contribution in [0.4, 0.5) is 8.78 Å². The Balaban J connectivity index is 2.53. The highest BCUT2D eigenvalue weighted by Gasteiger charge is 2.49. The van der Waals surface area contributed by atoms with E-state index in [-0.39, 0.29) is 42.7 Å². The highest BCUT2D eigenvalue weighted by Crippen LogP contribution is 2.44. The van der Waals surface area contributed by atoms with Crippen LogP contribution in [0, 0.1) is 28.9 Å². The minimum atomic E-state index is -1.55. The minimum Gasteiger partial charge on any atom is -0.391 e. The molecule has 0 heterocycles. The maximum Gasteiger partial charge on any atom is 0.249 e. The fourth-order valence-electron chi connectivity index (χ4n) is 5.66. The van der Waals surface area contributed by atoms with Crippen LogP contribution in [-0.4, -0.2) is 65.5 Å². The molecule has 1 aliphatic rings. The van der Waals surface area contributed by atoms with E-state index in [1.54, 1.807) is 37.8 Å². The van der Waals surface area contributed by atoms with E-state index in [2.05, 4.69) is 10.6 Å². The summed E-state index contributed by atoms with van der Waals surface area (Å²) in [4.78, 5) is 41.7. The van der Waals surface area contributed by atoms with Crippen molar-refractivity contribution in [3.63, 3.8) is 0 Å². The largest absolute Gasteiger partial charge is 0.391 e. The summed E-state index contributed by atoms with van der Waals surface area (Å²) in [5.41, 5.74) is 4.68. The molecule has 8 nitrogen and oxygen atoms in total. The Hall–Kier alpha value is -3.11. The Morgan fingerprint density at radius 1 is 1.07 bits per heavy atom. The number of benzene rings is 1. The summed E-state index contributed by atoms with van der Waals surface area (Å²) in [6, 6.07) is 3.05. The average Bonchev–Trinajstić information content (AvgIpc) is 2.91. The molecular weight excluding hydrogens is 554 g/mol. The molecule has 0 spiro atoms. The van der Waals surface area contributed by atoms with E-state index in [1.807, 2.05) is 27.7 Å². The molecule has 0 saturated heterocycles. The predicted molar refractivity (Wildman–Crippen MR) is 165 cm³/mol. The van der Waals surface area contributed by atoms with Crippen LogP contribution in [0.5, 0.6) is 0 Å². The van der Waals surface area contributed by atoms with Crippen molar-refractivity contribution in [2.45, 2.75) is 85.8 Å². The van der Waals surface area contributed by atoms with Crippen molar-refractivity contribution < 1.29 is 28.3 Å². The van der Waals surface area contributed by atoms with Crippen LogP contribution >= 0.6 is 0 Å². The second-order valence-corrected chi connectivity index (χ2v) is 12.7. The number of allylic oxidation sites excluding steroid dienone is 2. The predicted octanol–water partition coefficient (Wildman–Crippen LogP) is 4.02. The van der Waals surface area contributed by atoms with E-state index in [1.165, 1.54) is 0 Å². The third-order valence-electron chi connectivity index (χ3n) is 7.87. The third kappa shape index (κ3) is 9.69. The molecule has 0 saturated carbocycles. The van der Waals surface area contributed by atoms with Crippen LogP contribution in [0.3, 0.4) is 0 Å². The van der Waals surface area contributed by atoms with Crippen LogP contribution in [0.25, 0.3) is 0 Å². The van der Waals surface area contributed by atoms with Gasteiger partial charge < -0.3 is 26.4 Å². The number of aliphatic hydroxyl groups is 1. The number of aliphatic hydroxyl groups excluding tert-OH is 1. The van der Waals surface area contributed by atoms with Gasteiger partial charge in [-0.15, -0.1) is 0 Å². The van der Waals surface area contributed by atoms with Gasteiger partial charge >= 0.3 is 0 Å². The van der Waals surface area contributed by atoms with Crippen molar-refractivity contribution in [2.24, 2.45) is 23.0 Å². The Kier molecular flexibility index (Phi) is 13.1. The van der Waals surface area contributed by atoms with Crippen LogP contribution in [-0.2, 0) is 20.8 Å². The van der Waals surface area contributed by atoms with E-state index >= 15 is 0 Å². The quantitative estimate of drug-likeness (QED) is 0.227. The van der Waals surface area contributed by atoms with E-state index in [4.69, 9.17) is 5.73 Å². The van der Waals surface area contributed by atoms with Crippen molar-refractivity contribution in [1.29, 1.82) is 0 Å². The summed E-state index contributed by atoms with van der Waals surface area (Å²) in [6.07, 6.45) is 3.41. The van der Waals surface area contributed by atoms with E-state index < -0.39 is 40.5 Å². The molecule has 3 amide bonds. The van der Waals surface area contributed by atoms with Gasteiger partial charge in [-0.3, -0.25) is 14.4 Å². The van der Waals surface area contributed by atoms with E-state index in [9.17, 15) is 28.3 Å². The first-order chi connectivity index (χ1) is 20.1. The van der Waals surface area contributed by atoms with Gasteiger partial charge in [0.2, 0.25) is 17.7 Å². The van der Waals surface area contributed by atoms with Crippen LogP contribution in [0.15, 0.2) is 41.5 Å². The second kappa shape index (κ2) is 15.6. The lowest BCUT2D eigenvalue weighted by Crippen LogP contribution is -2.57. The van der Waals surface area contributed by atoms with Crippen molar-refractivity contribution in [3.8, 4) is 0 Å². The fraction of sp³-hybridized carbons (Fsp3) is 0.606. The number of amides is 3. The number of nitrogens with one attached hydrogen (secondary N) is 2. The Bertz CT molecular complexity index is 1190. The van der Waals surface area contributed by atoms with Crippen molar-refractivity contribution in [2.75, 3.05) is 26.2 Å². The Labute approximate surface area is 255 Å². The number of halogens is 2. The van der Waals surface area contributed by atoms with Gasteiger partial charge in [-0.2, -0.15) is 0 Å². The van der Waals surface area contributed by atoms with E-state index in [0.29, 0.717) is 30.8 Å². The number of primary amides is 1.